The molecule has 0 aliphatic carbocycles. The maximum atomic E-state index is 10.3. The molecular weight excluding hydrogens is 158 g/mol. The van der Waals surface area contributed by atoms with Crippen molar-refractivity contribution in [3.05, 3.63) is 33.6 Å². The van der Waals surface area contributed by atoms with Crippen LogP contribution >= 0.6 is 0 Å². The summed E-state index contributed by atoms with van der Waals surface area (Å²) in [5.41, 5.74) is 1.59. The van der Waals surface area contributed by atoms with Gasteiger partial charge in [-0.2, -0.15) is 0 Å². The van der Waals surface area contributed by atoms with Crippen molar-refractivity contribution in [2.45, 2.75) is 6.54 Å². The van der Waals surface area contributed by atoms with E-state index in [0.717, 1.165) is 11.3 Å². The van der Waals surface area contributed by atoms with Crippen LogP contribution in [0.2, 0.25) is 0 Å². The van der Waals surface area contributed by atoms with E-state index in [-0.39, 0.29) is 5.69 Å². The van der Waals surface area contributed by atoms with Crippen LogP contribution in [-0.2, 0) is 6.54 Å². The minimum atomic E-state index is -0.453. The van der Waals surface area contributed by atoms with E-state index in [1.54, 1.807) is 6.21 Å². The van der Waals surface area contributed by atoms with Crippen LogP contribution in [0.25, 0.3) is 0 Å². The van der Waals surface area contributed by atoms with Crippen LogP contribution < -0.4 is 0 Å². The van der Waals surface area contributed by atoms with Gasteiger partial charge in [-0.05, 0) is 0 Å². The van der Waals surface area contributed by atoms with E-state index in [0.29, 0.717) is 6.54 Å². The zero-order chi connectivity index (χ0) is 8.55. The minimum Gasteiger partial charge on any atom is -0.286 e. The van der Waals surface area contributed by atoms with Gasteiger partial charge in [-0.1, -0.05) is 0 Å². The Morgan fingerprint density at radius 2 is 2.42 bits per heavy atom. The van der Waals surface area contributed by atoms with Crippen molar-refractivity contribution in [3.8, 4) is 0 Å². The first-order chi connectivity index (χ1) is 5.77. The molecule has 0 aromatic carbocycles. The monoisotopic (exact) mass is 163 g/mol. The number of aromatic nitrogens is 1. The highest BCUT2D eigenvalue weighted by Crippen LogP contribution is 2.17. The van der Waals surface area contributed by atoms with Crippen LogP contribution in [-0.4, -0.2) is 16.1 Å². The van der Waals surface area contributed by atoms with Gasteiger partial charge in [-0.15, -0.1) is 0 Å². The molecule has 0 fully saturated rings. The summed E-state index contributed by atoms with van der Waals surface area (Å²) in [4.78, 5) is 17.7. The molecule has 1 aliphatic rings. The van der Waals surface area contributed by atoms with E-state index in [1.165, 1.54) is 12.3 Å². The third kappa shape index (κ3) is 0.952. The molecule has 0 atom stereocenters. The van der Waals surface area contributed by atoms with Gasteiger partial charge in [0.2, 0.25) is 0 Å². The highest BCUT2D eigenvalue weighted by atomic mass is 16.6. The Morgan fingerprint density at radius 3 is 3.17 bits per heavy atom. The number of hydrogen-bond donors (Lipinski definition) is 0. The number of rotatable bonds is 1. The van der Waals surface area contributed by atoms with Crippen molar-refractivity contribution in [3.63, 3.8) is 0 Å². The molecule has 60 valence electrons. The number of aliphatic imine (C=N–C) groups is 1. The lowest BCUT2D eigenvalue weighted by molar-refractivity contribution is -0.385. The maximum Gasteiger partial charge on any atom is 0.287 e. The third-order valence-corrected chi connectivity index (χ3v) is 1.67. The van der Waals surface area contributed by atoms with Crippen LogP contribution in [0, 0.1) is 10.1 Å². The molecule has 0 saturated carbocycles. The fourth-order valence-corrected chi connectivity index (χ4v) is 1.08. The molecule has 2 heterocycles. The quantitative estimate of drug-likeness (QED) is 0.456. The van der Waals surface area contributed by atoms with Crippen molar-refractivity contribution in [1.29, 1.82) is 0 Å². The van der Waals surface area contributed by atoms with E-state index in [4.69, 9.17) is 0 Å². The molecule has 0 amide bonds. The minimum absolute atomic E-state index is 0.0271. The Labute approximate surface area is 67.9 Å². The molecule has 1 aromatic heterocycles. The predicted molar refractivity (Wildman–Crippen MR) is 42.2 cm³/mol. The predicted octanol–water partition coefficient (Wildman–Crippen LogP) is 0.922. The lowest BCUT2D eigenvalue weighted by Gasteiger charge is -1.94. The molecule has 5 nitrogen and oxygen atoms in total. The van der Waals surface area contributed by atoms with E-state index < -0.39 is 4.92 Å². The largest absolute Gasteiger partial charge is 0.287 e. The molecule has 0 unspecified atom stereocenters. The van der Waals surface area contributed by atoms with Gasteiger partial charge >= 0.3 is 0 Å². The Balaban J connectivity index is 2.49. The number of nitro groups is 1. The summed E-state index contributed by atoms with van der Waals surface area (Å²) >= 11 is 0. The summed E-state index contributed by atoms with van der Waals surface area (Å²) in [5.74, 6) is 0. The van der Waals surface area contributed by atoms with Crippen molar-refractivity contribution >= 4 is 11.9 Å². The van der Waals surface area contributed by atoms with Crippen molar-refractivity contribution in [2.24, 2.45) is 4.99 Å². The molecule has 1 aliphatic heterocycles. The molecule has 0 saturated heterocycles. The van der Waals surface area contributed by atoms with Crippen LogP contribution in [0.4, 0.5) is 5.69 Å². The molecule has 12 heavy (non-hydrogen) atoms. The first kappa shape index (κ1) is 6.90. The van der Waals surface area contributed by atoms with Gasteiger partial charge in [-0.25, -0.2) is 4.98 Å². The Morgan fingerprint density at radius 1 is 1.58 bits per heavy atom. The first-order valence-corrected chi connectivity index (χ1v) is 3.40. The van der Waals surface area contributed by atoms with Crippen molar-refractivity contribution in [1.82, 2.24) is 4.98 Å². The second-order valence-electron chi connectivity index (χ2n) is 2.46. The molecule has 0 bridgehead atoms. The molecule has 2 rings (SSSR count). The average molecular weight is 163 g/mol. The Bertz CT molecular complexity index is 373. The molecule has 0 spiro atoms. The standard InChI is InChI=1S/C7H5N3O2/c11-10(12)6-1-5-2-8-4-7(5)9-3-6/h1,3-4H,2H2. The number of fused-ring (bicyclic) bond motifs is 1. The van der Waals surface area contributed by atoms with Gasteiger partial charge < -0.3 is 0 Å². The highest BCUT2D eigenvalue weighted by molar-refractivity contribution is 5.82. The number of nitrogens with zero attached hydrogens (tertiary/aromatic N) is 3. The summed E-state index contributed by atoms with van der Waals surface area (Å²) in [6.07, 6.45) is 2.87. The molecular formula is C7H5N3O2. The molecule has 5 heteroatoms. The smallest absolute Gasteiger partial charge is 0.286 e. The van der Waals surface area contributed by atoms with E-state index >= 15 is 0 Å². The van der Waals surface area contributed by atoms with Gasteiger partial charge in [0.25, 0.3) is 5.69 Å². The van der Waals surface area contributed by atoms with Crippen molar-refractivity contribution in [2.75, 3.05) is 0 Å². The molecule has 0 N–H and O–H groups in total. The van der Waals surface area contributed by atoms with E-state index in [1.807, 2.05) is 0 Å². The maximum absolute atomic E-state index is 10.3. The number of hydrogen-bond acceptors (Lipinski definition) is 4. The summed E-state index contributed by atoms with van der Waals surface area (Å²) in [6, 6.07) is 1.51. The van der Waals surface area contributed by atoms with Gasteiger partial charge in [0.15, 0.2) is 0 Å². The van der Waals surface area contributed by atoms with Crippen LogP contribution in [0.3, 0.4) is 0 Å². The van der Waals surface area contributed by atoms with Gasteiger partial charge in [0.05, 0.1) is 17.2 Å². The van der Waals surface area contributed by atoms with E-state index in [2.05, 4.69) is 9.98 Å². The van der Waals surface area contributed by atoms with Crippen LogP contribution in [0.1, 0.15) is 11.3 Å². The van der Waals surface area contributed by atoms with Gasteiger partial charge in [-0.3, -0.25) is 15.1 Å². The normalized spacial score (nSPS) is 13.0. The second-order valence-corrected chi connectivity index (χ2v) is 2.46. The third-order valence-electron chi connectivity index (χ3n) is 1.67. The van der Waals surface area contributed by atoms with Crippen molar-refractivity contribution < 1.29 is 4.92 Å². The molecule has 0 radical (unpaired) electrons. The van der Waals surface area contributed by atoms with Crippen LogP contribution in [0.5, 0.6) is 0 Å². The van der Waals surface area contributed by atoms with E-state index in [9.17, 15) is 10.1 Å². The lowest BCUT2D eigenvalue weighted by Crippen LogP contribution is -1.94. The lowest BCUT2D eigenvalue weighted by atomic mass is 10.2. The van der Waals surface area contributed by atoms with Gasteiger partial charge in [0, 0.05) is 17.8 Å². The fraction of sp³-hybridized carbons (Fsp3) is 0.143. The fourth-order valence-electron chi connectivity index (χ4n) is 1.08. The summed E-state index contributed by atoms with van der Waals surface area (Å²) < 4.78 is 0. The topological polar surface area (TPSA) is 68.4 Å². The Kier molecular flexibility index (Phi) is 1.36. The highest BCUT2D eigenvalue weighted by Gasteiger charge is 2.13. The SMILES string of the molecule is O=[N+]([O-])c1cnc2c(c1)CN=C2. The summed E-state index contributed by atoms with van der Waals surface area (Å²) in [7, 11) is 0. The summed E-state index contributed by atoms with van der Waals surface area (Å²) in [6.45, 7) is 0.504. The Hall–Kier alpha value is -1.78. The molecule has 1 aromatic rings. The summed E-state index contributed by atoms with van der Waals surface area (Å²) in [5, 5.41) is 10.3. The first-order valence-electron chi connectivity index (χ1n) is 3.40. The second kappa shape index (κ2) is 2.37. The zero-order valence-corrected chi connectivity index (χ0v) is 6.10. The zero-order valence-electron chi connectivity index (χ0n) is 6.10. The number of pyridine rings is 1. The average Bonchev–Trinajstić information content (AvgIpc) is 2.49. The van der Waals surface area contributed by atoms with Gasteiger partial charge in [0.1, 0.15) is 6.20 Å². The van der Waals surface area contributed by atoms with Crippen LogP contribution in [0.15, 0.2) is 17.3 Å².